The summed E-state index contributed by atoms with van der Waals surface area (Å²) < 4.78 is 38.6. The molecule has 124 valence electrons. The monoisotopic (exact) mass is 355 g/mol. The highest BCUT2D eigenvalue weighted by Crippen LogP contribution is 2.25. The van der Waals surface area contributed by atoms with E-state index in [2.05, 4.69) is 10.2 Å². The second-order valence-corrected chi connectivity index (χ2v) is 8.98. The van der Waals surface area contributed by atoms with Gasteiger partial charge < -0.3 is 4.57 Å². The quantitative estimate of drug-likeness (QED) is 0.770. The molecule has 1 saturated heterocycles. The van der Waals surface area contributed by atoms with Crippen molar-refractivity contribution in [2.24, 2.45) is 13.0 Å². The molecule has 0 N–H and O–H groups in total. The van der Waals surface area contributed by atoms with Crippen LogP contribution in [0.5, 0.6) is 0 Å². The molecule has 23 heavy (non-hydrogen) atoms. The third-order valence-corrected chi connectivity index (χ3v) is 6.94. The number of sulfone groups is 1. The van der Waals surface area contributed by atoms with E-state index in [1.54, 1.807) is 12.1 Å². The lowest BCUT2D eigenvalue weighted by molar-refractivity contribution is 0.552. The fraction of sp³-hybridized carbons (Fsp3) is 0.467. The van der Waals surface area contributed by atoms with Gasteiger partial charge in [-0.2, -0.15) is 0 Å². The molecule has 0 saturated carbocycles. The molecule has 2 aromatic rings. The minimum absolute atomic E-state index is 0.118. The van der Waals surface area contributed by atoms with Crippen LogP contribution in [0.2, 0.25) is 0 Å². The lowest BCUT2D eigenvalue weighted by Gasteiger charge is -2.07. The van der Waals surface area contributed by atoms with E-state index in [1.165, 1.54) is 17.8 Å². The zero-order valence-corrected chi connectivity index (χ0v) is 14.4. The van der Waals surface area contributed by atoms with Crippen LogP contribution in [0.4, 0.5) is 4.39 Å². The van der Waals surface area contributed by atoms with Crippen LogP contribution in [-0.4, -0.2) is 34.7 Å². The molecular formula is C15H18FN3O2S2. The predicted octanol–water partition coefficient (Wildman–Crippen LogP) is 2.22. The molecule has 1 fully saturated rings. The van der Waals surface area contributed by atoms with Crippen LogP contribution < -0.4 is 0 Å². The van der Waals surface area contributed by atoms with E-state index in [1.807, 2.05) is 17.7 Å². The van der Waals surface area contributed by atoms with Crippen molar-refractivity contribution in [3.63, 3.8) is 0 Å². The van der Waals surface area contributed by atoms with Crippen molar-refractivity contribution in [3.8, 4) is 0 Å². The molecule has 1 aliphatic heterocycles. The number of hydrogen-bond acceptors (Lipinski definition) is 5. The molecule has 0 unspecified atom stereocenters. The molecule has 0 spiro atoms. The molecule has 2 heterocycles. The van der Waals surface area contributed by atoms with Crippen molar-refractivity contribution in [2.45, 2.75) is 23.8 Å². The minimum Gasteiger partial charge on any atom is -0.309 e. The number of halogens is 1. The summed E-state index contributed by atoms with van der Waals surface area (Å²) in [6, 6.07) is 6.67. The molecule has 0 bridgehead atoms. The van der Waals surface area contributed by atoms with Gasteiger partial charge in [-0.3, -0.25) is 0 Å². The maximum atomic E-state index is 13.6. The van der Waals surface area contributed by atoms with Crippen molar-refractivity contribution < 1.29 is 12.8 Å². The van der Waals surface area contributed by atoms with Crippen LogP contribution in [0, 0.1) is 11.7 Å². The van der Waals surface area contributed by atoms with E-state index in [9.17, 15) is 12.8 Å². The first-order valence-corrected chi connectivity index (χ1v) is 10.2. The summed E-state index contributed by atoms with van der Waals surface area (Å²) in [7, 11) is -1.01. The molecule has 0 radical (unpaired) electrons. The first-order valence-electron chi connectivity index (χ1n) is 7.39. The summed E-state index contributed by atoms with van der Waals surface area (Å²) in [6.07, 6.45) is 1.30. The van der Waals surface area contributed by atoms with Crippen molar-refractivity contribution in [1.82, 2.24) is 14.8 Å². The number of aromatic nitrogens is 3. The van der Waals surface area contributed by atoms with Gasteiger partial charge >= 0.3 is 0 Å². The van der Waals surface area contributed by atoms with E-state index in [0.29, 0.717) is 29.3 Å². The summed E-state index contributed by atoms with van der Waals surface area (Å²) >= 11 is 1.42. The molecule has 1 aromatic carbocycles. The molecular weight excluding hydrogens is 337 g/mol. The Hall–Kier alpha value is -1.41. The zero-order valence-electron chi connectivity index (χ0n) is 12.8. The van der Waals surface area contributed by atoms with Crippen molar-refractivity contribution in [2.75, 3.05) is 11.5 Å². The second-order valence-electron chi connectivity index (χ2n) is 5.81. The Morgan fingerprint density at radius 2 is 2.13 bits per heavy atom. The number of rotatable bonds is 5. The fourth-order valence-corrected chi connectivity index (χ4v) is 5.48. The Morgan fingerprint density at radius 3 is 2.83 bits per heavy atom. The smallest absolute Gasteiger partial charge is 0.191 e. The summed E-state index contributed by atoms with van der Waals surface area (Å²) in [5.74, 6) is 1.66. The normalized spacial score (nSPS) is 20.0. The number of hydrogen-bond donors (Lipinski definition) is 0. The van der Waals surface area contributed by atoms with Crippen LogP contribution in [0.25, 0.3) is 0 Å². The second kappa shape index (κ2) is 6.60. The van der Waals surface area contributed by atoms with Crippen LogP contribution in [-0.2, 0) is 29.1 Å². The molecule has 1 atom stereocenters. The Kier molecular flexibility index (Phi) is 4.72. The van der Waals surface area contributed by atoms with Gasteiger partial charge in [-0.15, -0.1) is 10.2 Å². The molecule has 1 aromatic heterocycles. The average molecular weight is 355 g/mol. The van der Waals surface area contributed by atoms with Gasteiger partial charge in [0.15, 0.2) is 15.0 Å². The van der Waals surface area contributed by atoms with Crippen LogP contribution in [0.1, 0.15) is 17.8 Å². The van der Waals surface area contributed by atoms with E-state index >= 15 is 0 Å². The summed E-state index contributed by atoms with van der Waals surface area (Å²) in [6.45, 7) is 0. The van der Waals surface area contributed by atoms with Gasteiger partial charge in [0.05, 0.1) is 11.5 Å². The van der Waals surface area contributed by atoms with Gasteiger partial charge in [0.1, 0.15) is 11.6 Å². The summed E-state index contributed by atoms with van der Waals surface area (Å²) in [4.78, 5) is 0. The standard InChI is InChI=1S/C15H18FN3O2S2/c1-19-14(8-11-6-7-23(20,21)10-11)17-18-15(19)22-9-12-4-2-3-5-13(12)16/h2-5,11H,6-10H2,1H3/t11-/m0/s1. The van der Waals surface area contributed by atoms with Crippen LogP contribution in [0.3, 0.4) is 0 Å². The Labute approximate surface area is 139 Å². The molecule has 0 aliphatic carbocycles. The van der Waals surface area contributed by atoms with Crippen LogP contribution >= 0.6 is 11.8 Å². The van der Waals surface area contributed by atoms with Gasteiger partial charge in [0.25, 0.3) is 0 Å². The highest BCUT2D eigenvalue weighted by molar-refractivity contribution is 7.98. The Morgan fingerprint density at radius 1 is 1.35 bits per heavy atom. The molecule has 8 heteroatoms. The van der Waals surface area contributed by atoms with Crippen molar-refractivity contribution >= 4 is 21.6 Å². The first kappa shape index (κ1) is 16.4. The van der Waals surface area contributed by atoms with Gasteiger partial charge in [0, 0.05) is 19.2 Å². The van der Waals surface area contributed by atoms with Crippen molar-refractivity contribution in [1.29, 1.82) is 0 Å². The van der Waals surface area contributed by atoms with Gasteiger partial charge in [-0.25, -0.2) is 12.8 Å². The summed E-state index contributed by atoms with van der Waals surface area (Å²) in [5, 5.41) is 9.02. The van der Waals surface area contributed by atoms with E-state index in [-0.39, 0.29) is 23.2 Å². The Bertz CT molecular complexity index is 805. The SMILES string of the molecule is Cn1c(C[C@@H]2CCS(=O)(=O)C2)nnc1SCc1ccccc1F. The highest BCUT2D eigenvalue weighted by Gasteiger charge is 2.29. The number of thioether (sulfide) groups is 1. The molecule has 5 nitrogen and oxygen atoms in total. The lowest BCUT2D eigenvalue weighted by Crippen LogP contribution is -2.11. The third kappa shape index (κ3) is 3.92. The lowest BCUT2D eigenvalue weighted by atomic mass is 10.1. The minimum atomic E-state index is -2.88. The van der Waals surface area contributed by atoms with Gasteiger partial charge in [0.2, 0.25) is 0 Å². The third-order valence-electron chi connectivity index (χ3n) is 4.04. The number of benzene rings is 1. The van der Waals surface area contributed by atoms with E-state index in [0.717, 1.165) is 5.82 Å². The first-order chi connectivity index (χ1) is 10.9. The number of nitrogens with zero attached hydrogens (tertiary/aromatic N) is 3. The van der Waals surface area contributed by atoms with Gasteiger partial charge in [-0.1, -0.05) is 30.0 Å². The van der Waals surface area contributed by atoms with Gasteiger partial charge in [-0.05, 0) is 24.0 Å². The fourth-order valence-electron chi connectivity index (χ4n) is 2.70. The van der Waals surface area contributed by atoms with E-state index < -0.39 is 9.84 Å². The molecule has 0 amide bonds. The maximum absolute atomic E-state index is 13.6. The highest BCUT2D eigenvalue weighted by atomic mass is 32.2. The topological polar surface area (TPSA) is 64.8 Å². The predicted molar refractivity (Wildman–Crippen MR) is 87.4 cm³/mol. The molecule has 3 rings (SSSR count). The Balaban J connectivity index is 1.64. The van der Waals surface area contributed by atoms with Crippen molar-refractivity contribution in [3.05, 3.63) is 41.5 Å². The van der Waals surface area contributed by atoms with E-state index in [4.69, 9.17) is 0 Å². The largest absolute Gasteiger partial charge is 0.309 e. The zero-order chi connectivity index (χ0) is 16.4. The maximum Gasteiger partial charge on any atom is 0.191 e. The average Bonchev–Trinajstić information content (AvgIpc) is 3.02. The molecule has 1 aliphatic rings. The summed E-state index contributed by atoms with van der Waals surface area (Å²) in [5.41, 5.74) is 0.629. The van der Waals surface area contributed by atoms with Crippen LogP contribution in [0.15, 0.2) is 29.4 Å².